The van der Waals surface area contributed by atoms with Gasteiger partial charge in [0, 0.05) is 16.6 Å². The summed E-state index contributed by atoms with van der Waals surface area (Å²) in [5.74, 6) is -0.841. The lowest BCUT2D eigenvalue weighted by Gasteiger charge is -2.38. The van der Waals surface area contributed by atoms with Gasteiger partial charge in [-0.25, -0.2) is 4.79 Å². The van der Waals surface area contributed by atoms with Crippen LogP contribution in [0.3, 0.4) is 0 Å². The highest BCUT2D eigenvalue weighted by Crippen LogP contribution is 2.40. The van der Waals surface area contributed by atoms with Gasteiger partial charge < -0.3 is 14.7 Å². The van der Waals surface area contributed by atoms with Crippen LogP contribution in [0, 0.1) is 0 Å². The molecule has 1 aliphatic heterocycles. The number of halogens is 1. The number of hydrogen-bond acceptors (Lipinski definition) is 3. The molecule has 3 rings (SSSR count). The molecule has 0 radical (unpaired) electrons. The first-order valence-electron chi connectivity index (χ1n) is 8.54. The standard InChI is InChI=1S/C18H22ClNO4/c1-2-14-17(21)20(12-6-4-3-5-7-12)16(18(22)23)13-10-11(19)8-9-15(13)24-14/h8-10,12,14,16H,2-7H2,1H3,(H,22,23). The van der Waals surface area contributed by atoms with E-state index >= 15 is 0 Å². The lowest BCUT2D eigenvalue weighted by atomic mass is 9.91. The summed E-state index contributed by atoms with van der Waals surface area (Å²) in [4.78, 5) is 26.7. The van der Waals surface area contributed by atoms with Crippen LogP contribution >= 0.6 is 11.6 Å². The van der Waals surface area contributed by atoms with Crippen molar-refractivity contribution in [2.45, 2.75) is 63.6 Å². The predicted molar refractivity (Wildman–Crippen MR) is 90.3 cm³/mol. The van der Waals surface area contributed by atoms with Crippen molar-refractivity contribution in [2.24, 2.45) is 0 Å². The highest BCUT2D eigenvalue weighted by molar-refractivity contribution is 6.30. The van der Waals surface area contributed by atoms with Gasteiger partial charge in [0.05, 0.1) is 0 Å². The first-order valence-corrected chi connectivity index (χ1v) is 8.91. The molecule has 6 heteroatoms. The van der Waals surface area contributed by atoms with Gasteiger partial charge in [0.1, 0.15) is 5.75 Å². The van der Waals surface area contributed by atoms with E-state index in [1.54, 1.807) is 23.1 Å². The third-order valence-electron chi connectivity index (χ3n) is 4.92. The van der Waals surface area contributed by atoms with E-state index in [1.165, 1.54) is 0 Å². The lowest BCUT2D eigenvalue weighted by Crippen LogP contribution is -2.50. The van der Waals surface area contributed by atoms with Gasteiger partial charge >= 0.3 is 5.97 Å². The zero-order valence-corrected chi connectivity index (χ0v) is 14.5. The van der Waals surface area contributed by atoms with E-state index in [0.29, 0.717) is 22.8 Å². The summed E-state index contributed by atoms with van der Waals surface area (Å²) in [5, 5.41) is 10.3. The molecular formula is C18H22ClNO4. The number of carbonyl (C=O) groups excluding carboxylic acids is 1. The number of carbonyl (C=O) groups is 2. The predicted octanol–water partition coefficient (Wildman–Crippen LogP) is 3.80. The van der Waals surface area contributed by atoms with Crippen LogP contribution in [0.15, 0.2) is 18.2 Å². The van der Waals surface area contributed by atoms with Crippen LogP contribution in [-0.2, 0) is 9.59 Å². The molecule has 0 bridgehead atoms. The summed E-state index contributed by atoms with van der Waals surface area (Å²) in [6.45, 7) is 1.87. The number of aliphatic carboxylic acids is 1. The Morgan fingerprint density at radius 3 is 2.67 bits per heavy atom. The van der Waals surface area contributed by atoms with Crippen molar-refractivity contribution in [3.8, 4) is 5.75 Å². The number of carboxylic acids is 1. The molecular weight excluding hydrogens is 330 g/mol. The van der Waals surface area contributed by atoms with Crippen LogP contribution in [0.1, 0.15) is 57.1 Å². The fourth-order valence-electron chi connectivity index (χ4n) is 3.75. The van der Waals surface area contributed by atoms with Crippen molar-refractivity contribution in [1.82, 2.24) is 4.90 Å². The van der Waals surface area contributed by atoms with Gasteiger partial charge in [-0.1, -0.05) is 37.8 Å². The quantitative estimate of drug-likeness (QED) is 0.899. The molecule has 0 aromatic heterocycles. The van der Waals surface area contributed by atoms with Crippen molar-refractivity contribution in [1.29, 1.82) is 0 Å². The first-order chi connectivity index (χ1) is 11.5. The molecule has 2 aliphatic rings. The number of hydrogen-bond donors (Lipinski definition) is 1. The second-order valence-corrected chi connectivity index (χ2v) is 6.91. The van der Waals surface area contributed by atoms with Crippen LogP contribution < -0.4 is 4.74 Å². The van der Waals surface area contributed by atoms with Crippen molar-refractivity contribution < 1.29 is 19.4 Å². The number of carboxylic acid groups (broad SMARTS) is 1. The third-order valence-corrected chi connectivity index (χ3v) is 5.15. The second-order valence-electron chi connectivity index (χ2n) is 6.48. The number of rotatable bonds is 3. The average molecular weight is 352 g/mol. The summed E-state index contributed by atoms with van der Waals surface area (Å²) in [5.41, 5.74) is 0.463. The van der Waals surface area contributed by atoms with Gasteiger partial charge in [-0.15, -0.1) is 0 Å². The zero-order valence-electron chi connectivity index (χ0n) is 13.7. The zero-order chi connectivity index (χ0) is 17.3. The maximum atomic E-state index is 13.0. The fraction of sp³-hybridized carbons (Fsp3) is 0.556. The first kappa shape index (κ1) is 17.1. The van der Waals surface area contributed by atoms with Crippen molar-refractivity contribution in [3.63, 3.8) is 0 Å². The Labute approximate surface area is 146 Å². The van der Waals surface area contributed by atoms with E-state index in [9.17, 15) is 14.7 Å². The summed E-state index contributed by atoms with van der Waals surface area (Å²) in [6.07, 6.45) is 4.67. The number of amides is 1. The minimum atomic E-state index is -1.05. The maximum Gasteiger partial charge on any atom is 0.331 e. The van der Waals surface area contributed by atoms with Crippen molar-refractivity contribution in [3.05, 3.63) is 28.8 Å². The van der Waals surface area contributed by atoms with E-state index in [2.05, 4.69) is 0 Å². The Kier molecular flexibility index (Phi) is 4.99. The summed E-state index contributed by atoms with van der Waals surface area (Å²) < 4.78 is 5.86. The molecule has 1 N–H and O–H groups in total. The van der Waals surface area contributed by atoms with Crippen LogP contribution in [0.25, 0.3) is 0 Å². The van der Waals surface area contributed by atoms with Gasteiger partial charge in [-0.05, 0) is 37.5 Å². The molecule has 0 saturated heterocycles. The molecule has 24 heavy (non-hydrogen) atoms. The summed E-state index contributed by atoms with van der Waals surface area (Å²) in [7, 11) is 0. The van der Waals surface area contributed by atoms with E-state index in [0.717, 1.165) is 32.1 Å². The highest BCUT2D eigenvalue weighted by atomic mass is 35.5. The average Bonchev–Trinajstić information content (AvgIpc) is 2.70. The van der Waals surface area contributed by atoms with Gasteiger partial charge in [0.25, 0.3) is 5.91 Å². The Balaban J connectivity index is 2.11. The molecule has 1 aromatic carbocycles. The third kappa shape index (κ3) is 3.09. The molecule has 130 valence electrons. The number of nitrogens with zero attached hydrogens (tertiary/aromatic N) is 1. The van der Waals surface area contributed by atoms with Crippen LogP contribution in [0.4, 0.5) is 0 Å². The molecule has 1 amide bonds. The van der Waals surface area contributed by atoms with Crippen molar-refractivity contribution >= 4 is 23.5 Å². The summed E-state index contributed by atoms with van der Waals surface area (Å²) >= 11 is 6.09. The normalized spacial score (nSPS) is 24.9. The number of ether oxygens (including phenoxy) is 1. The van der Waals surface area contributed by atoms with Gasteiger partial charge in [-0.2, -0.15) is 0 Å². The maximum absolute atomic E-state index is 13.0. The molecule has 1 fully saturated rings. The van der Waals surface area contributed by atoms with Gasteiger partial charge in [0.2, 0.25) is 0 Å². The van der Waals surface area contributed by atoms with Gasteiger partial charge in [0.15, 0.2) is 12.1 Å². The monoisotopic (exact) mass is 351 g/mol. The Morgan fingerprint density at radius 1 is 1.33 bits per heavy atom. The fourth-order valence-corrected chi connectivity index (χ4v) is 3.93. The molecule has 2 unspecified atom stereocenters. The Bertz CT molecular complexity index is 642. The second kappa shape index (κ2) is 7.01. The van der Waals surface area contributed by atoms with E-state index < -0.39 is 18.1 Å². The van der Waals surface area contributed by atoms with E-state index in [-0.39, 0.29) is 11.9 Å². The molecule has 5 nitrogen and oxygen atoms in total. The van der Waals surface area contributed by atoms with Gasteiger partial charge in [-0.3, -0.25) is 4.79 Å². The van der Waals surface area contributed by atoms with Crippen LogP contribution in [0.2, 0.25) is 5.02 Å². The largest absolute Gasteiger partial charge is 0.480 e. The number of fused-ring (bicyclic) bond motifs is 1. The molecule has 1 aromatic rings. The molecule has 1 aliphatic carbocycles. The van der Waals surface area contributed by atoms with Crippen LogP contribution in [-0.4, -0.2) is 34.0 Å². The van der Waals surface area contributed by atoms with Crippen LogP contribution in [0.5, 0.6) is 5.75 Å². The molecule has 1 saturated carbocycles. The molecule has 1 heterocycles. The smallest absolute Gasteiger partial charge is 0.331 e. The molecule has 2 atom stereocenters. The Morgan fingerprint density at radius 2 is 2.04 bits per heavy atom. The topological polar surface area (TPSA) is 66.8 Å². The Hall–Kier alpha value is -1.75. The van der Waals surface area contributed by atoms with E-state index in [1.807, 2.05) is 6.92 Å². The SMILES string of the molecule is CCC1Oc2ccc(Cl)cc2C(C(=O)O)N(C2CCCCC2)C1=O. The minimum absolute atomic E-state index is 0.0602. The highest BCUT2D eigenvalue weighted by Gasteiger charge is 2.43. The lowest BCUT2D eigenvalue weighted by molar-refractivity contribution is -0.156. The minimum Gasteiger partial charge on any atom is -0.480 e. The summed E-state index contributed by atoms with van der Waals surface area (Å²) in [6, 6.07) is 3.82. The van der Waals surface area contributed by atoms with Crippen molar-refractivity contribution in [2.75, 3.05) is 0 Å². The van der Waals surface area contributed by atoms with E-state index in [4.69, 9.17) is 16.3 Å². The number of benzene rings is 1. The molecule has 0 spiro atoms.